The topological polar surface area (TPSA) is 190 Å². The van der Waals surface area contributed by atoms with E-state index >= 15 is 0 Å². The minimum Gasteiger partial charge on any atom is -1.00 e. The van der Waals surface area contributed by atoms with Gasteiger partial charge in [0.05, 0.1) is 13.2 Å². The van der Waals surface area contributed by atoms with Crippen LogP contribution in [0.1, 0.15) is 8.56 Å². The van der Waals surface area contributed by atoms with Crippen molar-refractivity contribution >= 4 is 69.2 Å². The summed E-state index contributed by atoms with van der Waals surface area (Å²) < 4.78 is 15.4. The molecule has 9 atom stereocenters. The average molecular weight is 421 g/mol. The van der Waals surface area contributed by atoms with Gasteiger partial charge in [0.1, 0.15) is 49.3 Å². The molecule has 2 aliphatic heterocycles. The zero-order valence-electron chi connectivity index (χ0n) is 20.2. The summed E-state index contributed by atoms with van der Waals surface area (Å²) in [5.41, 5.74) is 0. The number of rotatable bonds is 5. The Labute approximate surface area is 206 Å². The van der Waals surface area contributed by atoms with E-state index in [-0.39, 0.29) is 77.7 Å². The van der Waals surface area contributed by atoms with Crippen LogP contribution < -0.4 is 0 Å². The summed E-state index contributed by atoms with van der Waals surface area (Å²) in [7, 11) is 0. The first-order valence-electron chi connectivity index (χ1n) is 7.05. The van der Waals surface area contributed by atoms with Crippen LogP contribution in [0, 0.1) is 0 Å². The molecular weight excluding hydrogens is 393 g/mol. The van der Waals surface area contributed by atoms with Crippen LogP contribution >= 0.6 is 0 Å². The van der Waals surface area contributed by atoms with Crippen molar-refractivity contribution in [3.05, 3.63) is 0 Å². The fraction of sp³-hybridized carbons (Fsp3) is 1.00. The van der Waals surface area contributed by atoms with Gasteiger partial charge in [0, 0.05) is 0 Å². The van der Waals surface area contributed by atoms with E-state index in [9.17, 15) is 30.6 Å². The molecule has 148 valence electrons. The van der Waals surface area contributed by atoms with Gasteiger partial charge in [0.15, 0.2) is 6.29 Å². The SMILES string of the molecule is OC[C@H]1O[C@@](CO)(O[C@H]2O[C@H](CO)[C@@H](O)[C@H](O)[C@H]2O)[C@@H](O)[C@@H]1O.[H-].[H-].[H-].[H-].[H-].[H-].[Mg+2].[Mg+2].[Mg+2]. The van der Waals surface area contributed by atoms with Gasteiger partial charge in [-0.3, -0.25) is 0 Å². The molecule has 0 aromatic carbocycles. The maximum Gasteiger partial charge on any atom is 2.00 e. The molecule has 0 bridgehead atoms. The maximum atomic E-state index is 10.00. The van der Waals surface area contributed by atoms with Gasteiger partial charge in [-0.25, -0.2) is 0 Å². The molecule has 2 saturated heterocycles. The smallest absolute Gasteiger partial charge is 1.00 e. The number of hydrogen-bond donors (Lipinski definition) is 8. The quantitative estimate of drug-likeness (QED) is 0.197. The Bertz CT molecular complexity index is 429. The summed E-state index contributed by atoms with van der Waals surface area (Å²) in [5.74, 6) is -2.22. The molecular formula is C12H28Mg3O11. The monoisotopic (exact) mass is 420 g/mol. The van der Waals surface area contributed by atoms with Crippen LogP contribution in [0.2, 0.25) is 0 Å². The molecule has 0 unspecified atom stereocenters. The Morgan fingerprint density at radius 1 is 0.769 bits per heavy atom. The summed E-state index contributed by atoms with van der Waals surface area (Å²) in [6.45, 7) is -2.32. The third kappa shape index (κ3) is 5.72. The molecule has 11 nitrogen and oxygen atoms in total. The van der Waals surface area contributed by atoms with E-state index in [0.717, 1.165) is 0 Å². The van der Waals surface area contributed by atoms with E-state index in [4.69, 9.17) is 24.4 Å². The molecule has 0 aromatic heterocycles. The molecule has 2 aliphatic rings. The second-order valence-electron chi connectivity index (χ2n) is 5.56. The first-order valence-corrected chi connectivity index (χ1v) is 7.05. The van der Waals surface area contributed by atoms with Gasteiger partial charge in [0.25, 0.3) is 0 Å². The third-order valence-electron chi connectivity index (χ3n) is 4.07. The van der Waals surface area contributed by atoms with Gasteiger partial charge < -0.3 is 63.6 Å². The zero-order chi connectivity index (χ0) is 17.4. The van der Waals surface area contributed by atoms with E-state index < -0.39 is 74.6 Å². The predicted octanol–water partition coefficient (Wildman–Crippen LogP) is -5.86. The van der Waals surface area contributed by atoms with Crippen LogP contribution in [0.25, 0.3) is 0 Å². The Morgan fingerprint density at radius 3 is 1.73 bits per heavy atom. The van der Waals surface area contributed by atoms with Crippen molar-refractivity contribution in [2.75, 3.05) is 19.8 Å². The van der Waals surface area contributed by atoms with E-state index in [2.05, 4.69) is 0 Å². The number of ether oxygens (including phenoxy) is 3. The molecule has 2 rings (SSSR count). The van der Waals surface area contributed by atoms with Crippen LogP contribution in [0.5, 0.6) is 0 Å². The van der Waals surface area contributed by atoms with E-state index in [1.54, 1.807) is 0 Å². The number of aliphatic hydroxyl groups excluding tert-OH is 8. The van der Waals surface area contributed by atoms with Gasteiger partial charge >= 0.3 is 69.2 Å². The normalized spacial score (nSPS) is 45.2. The number of aliphatic hydroxyl groups is 8. The molecule has 0 amide bonds. The summed E-state index contributed by atoms with van der Waals surface area (Å²) >= 11 is 0. The molecule has 0 saturated carbocycles. The molecule has 26 heavy (non-hydrogen) atoms. The minimum absolute atomic E-state index is 0. The standard InChI is InChI=1S/C12H22O11.3Mg.6H/c13-1-4-6(16)8(18)9(19)11(21-4)23-12(3-15)10(20)7(17)5(2-14)22-12;;;;;;;;;/h4-11,13-20H,1-3H2;;;;;;;;;/q;3*+2;6*-1/t4-,5-,6-,7-,8+,9-,10+,11-,12+;;;;;;;;;/m1........./s1. The van der Waals surface area contributed by atoms with Crippen LogP contribution in [0.15, 0.2) is 0 Å². The second kappa shape index (κ2) is 12.5. The van der Waals surface area contributed by atoms with Crippen molar-refractivity contribution in [3.8, 4) is 0 Å². The first-order chi connectivity index (χ1) is 10.8. The Morgan fingerprint density at radius 2 is 1.31 bits per heavy atom. The fourth-order valence-electron chi connectivity index (χ4n) is 2.63. The van der Waals surface area contributed by atoms with E-state index in [1.165, 1.54) is 0 Å². The van der Waals surface area contributed by atoms with Crippen LogP contribution in [-0.2, 0) is 14.2 Å². The maximum absolute atomic E-state index is 10.00. The fourth-order valence-corrected chi connectivity index (χ4v) is 2.63. The van der Waals surface area contributed by atoms with Crippen LogP contribution in [0.3, 0.4) is 0 Å². The minimum atomic E-state index is -2.22. The summed E-state index contributed by atoms with van der Waals surface area (Å²) in [6.07, 6.45) is -12.7. The van der Waals surface area contributed by atoms with Crippen molar-refractivity contribution < 1.29 is 63.6 Å². The van der Waals surface area contributed by atoms with Gasteiger partial charge in [-0.2, -0.15) is 0 Å². The summed E-state index contributed by atoms with van der Waals surface area (Å²) in [5, 5.41) is 76.7. The van der Waals surface area contributed by atoms with E-state index in [0.29, 0.717) is 0 Å². The molecule has 8 N–H and O–H groups in total. The molecule has 0 radical (unpaired) electrons. The summed E-state index contributed by atoms with van der Waals surface area (Å²) in [4.78, 5) is 0. The largest absolute Gasteiger partial charge is 2.00 e. The van der Waals surface area contributed by atoms with Crippen LogP contribution in [-0.4, -0.2) is 185 Å². The van der Waals surface area contributed by atoms with Gasteiger partial charge in [-0.15, -0.1) is 0 Å². The van der Waals surface area contributed by atoms with Crippen molar-refractivity contribution in [2.45, 2.75) is 54.8 Å². The van der Waals surface area contributed by atoms with Crippen LogP contribution in [0.4, 0.5) is 0 Å². The van der Waals surface area contributed by atoms with Gasteiger partial charge in [-0.05, 0) is 0 Å². The Kier molecular flexibility index (Phi) is 14.5. The summed E-state index contributed by atoms with van der Waals surface area (Å²) in [6, 6.07) is 0. The predicted molar refractivity (Wildman–Crippen MR) is 92.6 cm³/mol. The molecule has 2 heterocycles. The second-order valence-corrected chi connectivity index (χ2v) is 5.56. The average Bonchev–Trinajstić information content (AvgIpc) is 2.80. The zero-order valence-corrected chi connectivity index (χ0v) is 18.4. The van der Waals surface area contributed by atoms with Crippen molar-refractivity contribution in [3.63, 3.8) is 0 Å². The van der Waals surface area contributed by atoms with Crippen molar-refractivity contribution in [1.82, 2.24) is 0 Å². The molecule has 0 aromatic rings. The molecule has 0 aliphatic carbocycles. The number of hydrogen-bond acceptors (Lipinski definition) is 11. The third-order valence-corrected chi connectivity index (χ3v) is 4.07. The molecule has 2 fully saturated rings. The Hall–Kier alpha value is 1.86. The van der Waals surface area contributed by atoms with Gasteiger partial charge in [0.2, 0.25) is 5.79 Å². The van der Waals surface area contributed by atoms with Crippen molar-refractivity contribution in [2.24, 2.45) is 0 Å². The first kappa shape index (κ1) is 30.1. The van der Waals surface area contributed by atoms with Gasteiger partial charge in [-0.1, -0.05) is 0 Å². The Balaban J connectivity index is -0.000000107. The molecule has 14 heteroatoms. The van der Waals surface area contributed by atoms with Crippen molar-refractivity contribution in [1.29, 1.82) is 0 Å². The molecule has 0 spiro atoms. The van der Waals surface area contributed by atoms with E-state index in [1.807, 2.05) is 0 Å².